The SMILES string of the molecule is CCCC1CCN(Cc2ccc(F)c(C#CCO)c2)C1. The minimum atomic E-state index is -0.319. The number of nitrogens with zero attached hydrogens (tertiary/aromatic N) is 1. The second kappa shape index (κ2) is 7.42. The molecular weight excluding hydrogens is 253 g/mol. The topological polar surface area (TPSA) is 23.5 Å². The molecule has 108 valence electrons. The van der Waals surface area contributed by atoms with Crippen molar-refractivity contribution in [2.45, 2.75) is 32.7 Å². The third-order valence-corrected chi connectivity index (χ3v) is 3.81. The molecule has 1 unspecified atom stereocenters. The highest BCUT2D eigenvalue weighted by Crippen LogP contribution is 2.23. The lowest BCUT2D eigenvalue weighted by Gasteiger charge is -2.16. The van der Waals surface area contributed by atoms with Crippen molar-refractivity contribution >= 4 is 0 Å². The Morgan fingerprint density at radius 3 is 3.05 bits per heavy atom. The first-order chi connectivity index (χ1) is 9.72. The maximum absolute atomic E-state index is 13.6. The molecule has 0 spiro atoms. The van der Waals surface area contributed by atoms with Gasteiger partial charge in [0, 0.05) is 13.1 Å². The van der Waals surface area contributed by atoms with Crippen LogP contribution in [0, 0.1) is 23.6 Å². The molecule has 1 saturated heterocycles. The van der Waals surface area contributed by atoms with E-state index in [0.717, 1.165) is 31.1 Å². The summed E-state index contributed by atoms with van der Waals surface area (Å²) in [5, 5.41) is 8.69. The molecule has 1 aromatic rings. The molecule has 1 aliphatic heterocycles. The highest BCUT2D eigenvalue weighted by atomic mass is 19.1. The molecule has 2 nitrogen and oxygen atoms in total. The van der Waals surface area contributed by atoms with E-state index in [-0.39, 0.29) is 12.4 Å². The van der Waals surface area contributed by atoms with Crippen LogP contribution < -0.4 is 0 Å². The Kier molecular flexibility index (Phi) is 5.58. The molecule has 1 fully saturated rings. The number of benzene rings is 1. The zero-order chi connectivity index (χ0) is 14.4. The van der Waals surface area contributed by atoms with Crippen LogP contribution in [-0.2, 0) is 6.54 Å². The van der Waals surface area contributed by atoms with Gasteiger partial charge in [0.25, 0.3) is 0 Å². The monoisotopic (exact) mass is 275 g/mol. The Labute approximate surface area is 120 Å². The fourth-order valence-electron chi connectivity index (χ4n) is 2.86. The molecule has 3 heteroatoms. The lowest BCUT2D eigenvalue weighted by Crippen LogP contribution is -2.20. The van der Waals surface area contributed by atoms with E-state index < -0.39 is 0 Å². The Hall–Kier alpha value is -1.37. The van der Waals surface area contributed by atoms with Crippen LogP contribution in [0.2, 0.25) is 0 Å². The summed E-state index contributed by atoms with van der Waals surface area (Å²) < 4.78 is 13.6. The summed E-state index contributed by atoms with van der Waals surface area (Å²) in [5.41, 5.74) is 1.46. The summed E-state index contributed by atoms with van der Waals surface area (Å²) in [4.78, 5) is 2.43. The Balaban J connectivity index is 2.00. The van der Waals surface area contributed by atoms with Crippen LogP contribution in [0.4, 0.5) is 4.39 Å². The zero-order valence-corrected chi connectivity index (χ0v) is 12.0. The van der Waals surface area contributed by atoms with E-state index in [0.29, 0.717) is 5.56 Å². The van der Waals surface area contributed by atoms with Crippen molar-refractivity contribution in [3.8, 4) is 11.8 Å². The van der Waals surface area contributed by atoms with Crippen molar-refractivity contribution in [3.05, 3.63) is 35.1 Å². The Bertz CT molecular complexity index is 503. The van der Waals surface area contributed by atoms with Crippen molar-refractivity contribution in [1.29, 1.82) is 0 Å². The second-order valence-electron chi connectivity index (χ2n) is 5.45. The molecule has 20 heavy (non-hydrogen) atoms. The largest absolute Gasteiger partial charge is 0.384 e. The highest BCUT2D eigenvalue weighted by Gasteiger charge is 2.21. The maximum Gasteiger partial charge on any atom is 0.138 e. The number of likely N-dealkylation sites (tertiary alicyclic amines) is 1. The van der Waals surface area contributed by atoms with Crippen molar-refractivity contribution in [1.82, 2.24) is 4.90 Å². The van der Waals surface area contributed by atoms with Gasteiger partial charge in [0.2, 0.25) is 0 Å². The molecule has 0 aliphatic carbocycles. The minimum absolute atomic E-state index is 0.242. The average Bonchev–Trinajstić information content (AvgIpc) is 2.87. The van der Waals surface area contributed by atoms with Gasteiger partial charge in [-0.15, -0.1) is 0 Å². The molecule has 1 N–H and O–H groups in total. The maximum atomic E-state index is 13.6. The molecule has 0 bridgehead atoms. The quantitative estimate of drug-likeness (QED) is 0.854. The fraction of sp³-hybridized carbons (Fsp3) is 0.529. The number of hydrogen-bond donors (Lipinski definition) is 1. The van der Waals surface area contributed by atoms with Crippen LogP contribution >= 0.6 is 0 Å². The van der Waals surface area contributed by atoms with Gasteiger partial charge >= 0.3 is 0 Å². The summed E-state index contributed by atoms with van der Waals surface area (Å²) in [6.45, 7) is 5.11. The van der Waals surface area contributed by atoms with E-state index in [2.05, 4.69) is 23.7 Å². The van der Waals surface area contributed by atoms with Crippen molar-refractivity contribution in [2.75, 3.05) is 19.7 Å². The molecule has 0 amide bonds. The molecule has 0 radical (unpaired) electrons. The first-order valence-electron chi connectivity index (χ1n) is 7.33. The van der Waals surface area contributed by atoms with Crippen molar-refractivity contribution in [3.63, 3.8) is 0 Å². The third kappa shape index (κ3) is 4.06. The summed E-state index contributed by atoms with van der Waals surface area (Å²) in [7, 11) is 0. The summed E-state index contributed by atoms with van der Waals surface area (Å²) >= 11 is 0. The minimum Gasteiger partial charge on any atom is -0.384 e. The lowest BCUT2D eigenvalue weighted by atomic mass is 10.0. The van der Waals surface area contributed by atoms with E-state index in [9.17, 15) is 4.39 Å². The van der Waals surface area contributed by atoms with Gasteiger partial charge in [-0.2, -0.15) is 0 Å². The number of halogens is 1. The molecular formula is C17H22FNO. The predicted octanol–water partition coefficient (Wildman–Crippen LogP) is 2.79. The molecule has 1 aliphatic rings. The normalized spacial score (nSPS) is 18.9. The van der Waals surface area contributed by atoms with Gasteiger partial charge in [-0.05, 0) is 43.0 Å². The van der Waals surface area contributed by atoms with Crippen molar-refractivity contribution < 1.29 is 9.50 Å². The highest BCUT2D eigenvalue weighted by molar-refractivity contribution is 5.38. The third-order valence-electron chi connectivity index (χ3n) is 3.81. The van der Waals surface area contributed by atoms with Crippen LogP contribution in [-0.4, -0.2) is 29.7 Å². The van der Waals surface area contributed by atoms with E-state index >= 15 is 0 Å². The van der Waals surface area contributed by atoms with Gasteiger partial charge in [0.1, 0.15) is 12.4 Å². The van der Waals surface area contributed by atoms with Crippen LogP contribution in [0.1, 0.15) is 37.3 Å². The molecule has 0 saturated carbocycles. The number of rotatable bonds is 4. The predicted molar refractivity (Wildman–Crippen MR) is 78.7 cm³/mol. The first-order valence-corrected chi connectivity index (χ1v) is 7.33. The smallest absolute Gasteiger partial charge is 0.138 e. The van der Waals surface area contributed by atoms with E-state index in [4.69, 9.17) is 5.11 Å². The molecule has 1 heterocycles. The Morgan fingerprint density at radius 1 is 1.45 bits per heavy atom. The molecule has 2 rings (SSSR count). The van der Waals surface area contributed by atoms with Gasteiger partial charge in [0.15, 0.2) is 0 Å². The Morgan fingerprint density at radius 2 is 2.30 bits per heavy atom. The van der Waals surface area contributed by atoms with Gasteiger partial charge < -0.3 is 5.11 Å². The van der Waals surface area contributed by atoms with E-state index in [1.807, 2.05) is 6.07 Å². The number of aliphatic hydroxyl groups excluding tert-OH is 1. The van der Waals surface area contributed by atoms with Crippen LogP contribution in [0.5, 0.6) is 0 Å². The van der Waals surface area contributed by atoms with Crippen LogP contribution in [0.3, 0.4) is 0 Å². The molecule has 0 aromatic heterocycles. The van der Waals surface area contributed by atoms with Gasteiger partial charge in [-0.1, -0.05) is 31.3 Å². The van der Waals surface area contributed by atoms with E-state index in [1.54, 1.807) is 6.07 Å². The number of aliphatic hydroxyl groups is 1. The van der Waals surface area contributed by atoms with Gasteiger partial charge in [-0.3, -0.25) is 4.90 Å². The first kappa shape index (κ1) is 15.0. The van der Waals surface area contributed by atoms with Gasteiger partial charge in [-0.25, -0.2) is 4.39 Å². The van der Waals surface area contributed by atoms with Crippen LogP contribution in [0.15, 0.2) is 18.2 Å². The zero-order valence-electron chi connectivity index (χ0n) is 12.0. The summed E-state index contributed by atoms with van der Waals surface area (Å²) in [5.74, 6) is 5.66. The second-order valence-corrected chi connectivity index (χ2v) is 5.45. The summed E-state index contributed by atoms with van der Waals surface area (Å²) in [6.07, 6.45) is 3.81. The van der Waals surface area contributed by atoms with Crippen molar-refractivity contribution in [2.24, 2.45) is 5.92 Å². The fourth-order valence-corrected chi connectivity index (χ4v) is 2.86. The van der Waals surface area contributed by atoms with Gasteiger partial charge in [0.05, 0.1) is 5.56 Å². The molecule has 1 atom stereocenters. The van der Waals surface area contributed by atoms with E-state index in [1.165, 1.54) is 25.3 Å². The number of hydrogen-bond acceptors (Lipinski definition) is 2. The average molecular weight is 275 g/mol. The lowest BCUT2D eigenvalue weighted by molar-refractivity contribution is 0.313. The summed E-state index contributed by atoms with van der Waals surface area (Å²) in [6, 6.07) is 5.09. The standard InChI is InChI=1S/C17H22FNO/c1-2-4-14-8-9-19(12-14)13-15-6-7-17(18)16(11-15)5-3-10-20/h6-7,11,14,20H,2,4,8-10,12-13H2,1H3. The molecule has 1 aromatic carbocycles. The van der Waals surface area contributed by atoms with Crippen LogP contribution in [0.25, 0.3) is 0 Å².